The molecule has 4 N–H and O–H groups in total. The fourth-order valence-electron chi connectivity index (χ4n) is 7.98. The van der Waals surface area contributed by atoms with Crippen molar-refractivity contribution in [2.75, 3.05) is 13.2 Å². The summed E-state index contributed by atoms with van der Waals surface area (Å²) in [5.74, 6) is 2.40. The van der Waals surface area contributed by atoms with Gasteiger partial charge in [0, 0.05) is 73.1 Å². The molecule has 0 fully saturated rings. The van der Waals surface area contributed by atoms with E-state index in [0.29, 0.717) is 24.7 Å². The van der Waals surface area contributed by atoms with Crippen LogP contribution in [0.1, 0.15) is 129 Å². The Morgan fingerprint density at radius 3 is 0.959 bits per heavy atom. The van der Waals surface area contributed by atoms with Crippen LogP contribution in [0.25, 0.3) is 43.1 Å². The molecule has 0 saturated carbocycles. The van der Waals surface area contributed by atoms with Gasteiger partial charge in [-0.1, -0.05) is 156 Å². The number of hydrogen-bond acceptors (Lipinski definition) is 4. The minimum absolute atomic E-state index is 0. The van der Waals surface area contributed by atoms with Crippen LogP contribution in [0.15, 0.2) is 156 Å². The molecule has 6 aromatic carbocycles. The molecule has 0 amide bonds. The Bertz CT molecular complexity index is 2720. The van der Waals surface area contributed by atoms with Crippen molar-refractivity contribution in [3.63, 3.8) is 0 Å². The van der Waals surface area contributed by atoms with E-state index in [0.717, 1.165) is 78.6 Å². The molecule has 0 atom stereocenters. The van der Waals surface area contributed by atoms with Crippen LogP contribution in [0.4, 0.5) is 0 Å². The van der Waals surface area contributed by atoms with E-state index in [4.69, 9.17) is 9.47 Å². The molecule has 0 unspecified atom stereocenters. The number of ether oxygens (including phenoxy) is 2. The normalized spacial score (nSPS) is 11.6. The molecule has 2 aromatic heterocycles. The third kappa shape index (κ3) is 16.0. The van der Waals surface area contributed by atoms with E-state index >= 15 is 0 Å². The van der Waals surface area contributed by atoms with Gasteiger partial charge in [0.05, 0.1) is 20.9 Å². The smallest absolute Gasteiger partial charge is 0.263 e. The van der Waals surface area contributed by atoms with Gasteiger partial charge < -0.3 is 19.7 Å². The molecule has 0 aliphatic rings. The van der Waals surface area contributed by atoms with Gasteiger partial charge >= 0.3 is 0 Å². The zero-order chi connectivity index (χ0) is 52.4. The topological polar surface area (TPSA) is 66.1 Å². The van der Waals surface area contributed by atoms with Crippen molar-refractivity contribution in [3.8, 4) is 66.1 Å². The van der Waals surface area contributed by atoms with E-state index in [2.05, 4.69) is 156 Å². The molecular weight excluding hydrogens is 1010 g/mol. The van der Waals surface area contributed by atoms with E-state index in [1.165, 1.54) is 22.3 Å². The Morgan fingerprint density at radius 1 is 0.397 bits per heavy atom. The minimum atomic E-state index is -0.0136. The Kier molecular flexibility index (Phi) is 20.2. The Balaban J connectivity index is 0.000000566. The van der Waals surface area contributed by atoms with Crippen LogP contribution in [0.5, 0.6) is 23.0 Å². The summed E-state index contributed by atoms with van der Waals surface area (Å²) in [5, 5.41) is 27.6. The maximum atomic E-state index is 11.7. The first-order chi connectivity index (χ1) is 33.9. The van der Waals surface area contributed by atoms with E-state index < -0.39 is 0 Å². The molecule has 2 heterocycles. The van der Waals surface area contributed by atoms with Gasteiger partial charge in [0.1, 0.15) is 11.5 Å². The monoisotopic (exact) mass is 1090 g/mol. The van der Waals surface area contributed by atoms with Crippen molar-refractivity contribution in [2.45, 2.75) is 118 Å². The maximum Gasteiger partial charge on any atom is 0.263 e. The molecule has 0 aliphatic heterocycles. The number of unbranched alkanes of at least 4 members (excludes halogenated alkanes) is 1. The summed E-state index contributed by atoms with van der Waals surface area (Å²) in [6, 6.07) is 49.6. The summed E-state index contributed by atoms with van der Waals surface area (Å²) in [7, 11) is 0. The number of aromatic hydroxyl groups is 4. The molecule has 382 valence electrons. The van der Waals surface area contributed by atoms with Gasteiger partial charge in [-0.05, 0) is 67.2 Å². The summed E-state index contributed by atoms with van der Waals surface area (Å²) in [6.07, 6.45) is 1.76. The molecule has 73 heavy (non-hydrogen) atoms. The molecule has 0 aliphatic carbocycles. The minimum Gasteiger partial charge on any atom is -0.582 e. The number of hydrogen-bond donors (Lipinski definition) is 2. The zero-order valence-electron chi connectivity index (χ0n) is 45.4. The second-order valence-electron chi connectivity index (χ2n) is 22.7. The van der Waals surface area contributed by atoms with Crippen LogP contribution < -0.4 is 0 Å². The summed E-state index contributed by atoms with van der Waals surface area (Å²) in [6.45, 7) is 35.6. The first kappa shape index (κ1) is 58.4. The van der Waals surface area contributed by atoms with Crippen LogP contribution in [0.2, 0.25) is 0 Å². The third-order valence-electron chi connectivity index (χ3n) is 12.6. The van der Waals surface area contributed by atoms with Crippen LogP contribution in [0, 0.1) is 13.8 Å². The summed E-state index contributed by atoms with van der Waals surface area (Å²) in [5.41, 5.74) is 12.9. The Labute approximate surface area is 465 Å². The number of para-hydroxylation sites is 2. The summed E-state index contributed by atoms with van der Waals surface area (Å²) in [4.78, 5) is 1.69. The molecule has 4 nitrogen and oxygen atoms in total. The van der Waals surface area contributed by atoms with Crippen molar-refractivity contribution >= 4 is 22.7 Å². The van der Waals surface area contributed by atoms with Crippen molar-refractivity contribution < 1.29 is 45.9 Å². The molecule has 7 heteroatoms. The number of benzene rings is 6. The van der Waals surface area contributed by atoms with E-state index in [1.807, 2.05) is 97.1 Å². The maximum absolute atomic E-state index is 11.7. The van der Waals surface area contributed by atoms with Crippen molar-refractivity contribution in [1.82, 2.24) is 0 Å². The van der Waals surface area contributed by atoms with Gasteiger partial charge in [-0.15, -0.1) is 46.9 Å². The fraction of sp³-hybridized carbons (Fsp3) is 0.303. The second kappa shape index (κ2) is 25.2. The van der Waals surface area contributed by atoms with Gasteiger partial charge in [0.25, 0.3) is 11.5 Å². The Morgan fingerprint density at radius 2 is 0.685 bits per heavy atom. The van der Waals surface area contributed by atoms with Gasteiger partial charge in [0.15, 0.2) is 13.2 Å². The van der Waals surface area contributed by atoms with Crippen LogP contribution >= 0.6 is 22.7 Å². The number of rotatable bonds is 11. The van der Waals surface area contributed by atoms with Crippen LogP contribution in [0.3, 0.4) is 0 Å². The average molecular weight is 1090 g/mol. The van der Waals surface area contributed by atoms with Crippen molar-refractivity contribution in [3.05, 3.63) is 204 Å². The van der Waals surface area contributed by atoms with E-state index in [1.54, 1.807) is 22.7 Å². The van der Waals surface area contributed by atoms with E-state index in [9.17, 15) is 10.2 Å². The average Bonchev–Trinajstić information content (AvgIpc) is 3.91. The molecule has 8 rings (SSSR count). The SMILES string of the molecule is CC(C)(C)c1cc(-c2csc(-c3ccccc3[OH+]CCCC[OH+]c3ccccc3-c3scc(-c4cc(C(C)(C)C)cc(C(C)(C)C)c4)c3O)c2O)cc(C(C)(C)C)c1.[CH2-]c1ccccc1.[CH2-]c1ccccc1.[Zr]. The first-order valence-electron chi connectivity index (χ1n) is 25.1. The summed E-state index contributed by atoms with van der Waals surface area (Å²) < 4.78 is 10.0. The number of aliphatic hydroxyl groups is 2. The van der Waals surface area contributed by atoms with Crippen LogP contribution in [-0.4, -0.2) is 32.9 Å². The van der Waals surface area contributed by atoms with Crippen LogP contribution in [-0.2, 0) is 47.9 Å². The van der Waals surface area contributed by atoms with Gasteiger partial charge in [-0.2, -0.15) is 49.2 Å². The van der Waals surface area contributed by atoms with E-state index in [-0.39, 0.29) is 47.9 Å². The van der Waals surface area contributed by atoms with Crippen molar-refractivity contribution in [1.29, 1.82) is 0 Å². The largest absolute Gasteiger partial charge is 0.582 e. The summed E-state index contributed by atoms with van der Waals surface area (Å²) >= 11 is 3.14. The van der Waals surface area contributed by atoms with Gasteiger partial charge in [0.2, 0.25) is 0 Å². The third-order valence-corrected chi connectivity index (χ3v) is 14.6. The molecule has 8 aromatic rings. The molecular formula is C66H78O4S2Zr. The van der Waals surface area contributed by atoms with Gasteiger partial charge in [-0.25, -0.2) is 0 Å². The van der Waals surface area contributed by atoms with Crippen molar-refractivity contribution in [2.24, 2.45) is 0 Å². The number of thiophene rings is 2. The molecule has 0 saturated heterocycles. The standard InChI is InChI=1S/C52H62O4S2.2C7H7.Zr/c1-49(2,3)35-25-33(26-36(29-35)50(4,5)6)41-31-57-47(45(41)53)39-19-13-15-21-43(39)55-23-17-18-24-56-44-22-16-14-20-40(44)48-46(54)42(32-58-48)34-27-37(51(7,8)9)30-38(28-34)52(10,11)12;2*1-7-5-3-2-4-6-7;/h13-16,19-22,25-32,53-54H,17-18,23-24H2,1-12H3;2*2-6H,1H2;/q;2*-1;/p+2. The predicted octanol–water partition coefficient (Wildman–Crippen LogP) is 18.8. The quantitative estimate of drug-likeness (QED) is 0.0770. The Hall–Kier alpha value is -5.46. The fourth-order valence-corrected chi connectivity index (χ4v) is 9.99. The molecule has 0 bridgehead atoms. The first-order valence-corrected chi connectivity index (χ1v) is 26.9. The molecule has 0 radical (unpaired) electrons. The molecule has 0 spiro atoms. The predicted molar refractivity (Wildman–Crippen MR) is 313 cm³/mol. The van der Waals surface area contributed by atoms with Gasteiger partial charge in [-0.3, -0.25) is 0 Å². The second-order valence-corrected chi connectivity index (χ2v) is 24.5. The zero-order valence-corrected chi connectivity index (χ0v) is 49.5.